The van der Waals surface area contributed by atoms with Crippen molar-refractivity contribution in [1.29, 1.82) is 0 Å². The number of sulfonamides is 1. The topological polar surface area (TPSA) is 96.0 Å². The van der Waals surface area contributed by atoms with Crippen LogP contribution in [0.2, 0.25) is 0 Å². The van der Waals surface area contributed by atoms with Gasteiger partial charge in [-0.3, -0.25) is 13.9 Å². The highest BCUT2D eigenvalue weighted by Crippen LogP contribution is 2.30. The maximum atomic E-state index is 13.5. The van der Waals surface area contributed by atoms with Gasteiger partial charge in [-0.2, -0.15) is 0 Å². The van der Waals surface area contributed by atoms with Gasteiger partial charge in [0.15, 0.2) is 0 Å². The molecule has 0 aromatic heterocycles. The van der Waals surface area contributed by atoms with Crippen LogP contribution >= 0.6 is 0 Å². The number of hydrogen-bond donors (Lipinski definition) is 1. The first-order valence-electron chi connectivity index (χ1n) is 13.4. The summed E-state index contributed by atoms with van der Waals surface area (Å²) in [5.41, 5.74) is 1.53. The van der Waals surface area contributed by atoms with Crippen molar-refractivity contribution >= 4 is 27.5 Å². The monoisotopic (exact) mass is 545 g/mol. The molecule has 0 radical (unpaired) electrons. The summed E-state index contributed by atoms with van der Waals surface area (Å²) in [5.74, 6) is 0.445. The molecule has 0 spiro atoms. The van der Waals surface area contributed by atoms with E-state index in [0.717, 1.165) is 11.8 Å². The maximum Gasteiger partial charge on any atom is 0.242 e. The standard InChI is InChI=1S/C29H43N3O5S/c1-6-25(29(34)30-22-23(3)4)31(21-19-24-14-9-8-10-15-24)28(33)18-13-20-32(38(5,35)36)26-16-11-12-17-27(26)37-7-2/h8-12,14-17,23,25H,6-7,13,18-22H2,1-5H3,(H,30,34). The van der Waals surface area contributed by atoms with Gasteiger partial charge in [-0.25, -0.2) is 8.42 Å². The van der Waals surface area contributed by atoms with E-state index in [1.807, 2.05) is 58.0 Å². The van der Waals surface area contributed by atoms with Gasteiger partial charge in [-0.1, -0.05) is 63.2 Å². The summed E-state index contributed by atoms with van der Waals surface area (Å²) in [6, 6.07) is 16.2. The van der Waals surface area contributed by atoms with Crippen LogP contribution in [0.25, 0.3) is 0 Å². The number of amides is 2. The third-order valence-electron chi connectivity index (χ3n) is 6.14. The lowest BCUT2D eigenvalue weighted by Crippen LogP contribution is -2.50. The molecular weight excluding hydrogens is 502 g/mol. The molecule has 2 aromatic carbocycles. The van der Waals surface area contributed by atoms with Gasteiger partial charge in [0.1, 0.15) is 11.8 Å². The third kappa shape index (κ3) is 9.67. The molecule has 0 bridgehead atoms. The second-order valence-corrected chi connectivity index (χ2v) is 11.6. The van der Waals surface area contributed by atoms with Crippen LogP contribution in [0.15, 0.2) is 54.6 Å². The molecule has 2 amide bonds. The van der Waals surface area contributed by atoms with Crippen molar-refractivity contribution in [2.75, 3.05) is 36.8 Å². The molecule has 2 aromatic rings. The predicted molar refractivity (Wildman–Crippen MR) is 153 cm³/mol. The van der Waals surface area contributed by atoms with Crippen molar-refractivity contribution in [2.45, 2.75) is 59.4 Å². The second-order valence-electron chi connectivity index (χ2n) is 9.73. The number of carbonyl (C=O) groups is 2. The molecule has 2 rings (SSSR count). The Hall–Kier alpha value is -3.07. The fourth-order valence-corrected chi connectivity index (χ4v) is 5.21. The van der Waals surface area contributed by atoms with Crippen LogP contribution in [0.1, 0.15) is 52.5 Å². The Morgan fingerprint density at radius 3 is 2.24 bits per heavy atom. The quantitative estimate of drug-likeness (QED) is 0.340. The molecule has 0 aliphatic rings. The number of anilines is 1. The molecule has 210 valence electrons. The Balaban J connectivity index is 2.19. The van der Waals surface area contributed by atoms with Crippen molar-refractivity contribution in [2.24, 2.45) is 5.92 Å². The number of ether oxygens (including phenoxy) is 1. The molecule has 1 atom stereocenters. The minimum absolute atomic E-state index is 0.117. The maximum absolute atomic E-state index is 13.5. The van der Waals surface area contributed by atoms with Crippen LogP contribution in [-0.4, -0.2) is 63.7 Å². The molecule has 1 N–H and O–H groups in total. The van der Waals surface area contributed by atoms with Crippen LogP contribution in [0.4, 0.5) is 5.69 Å². The first-order valence-corrected chi connectivity index (χ1v) is 15.2. The number of benzene rings is 2. The lowest BCUT2D eigenvalue weighted by Gasteiger charge is -2.31. The van der Waals surface area contributed by atoms with Crippen LogP contribution in [0.5, 0.6) is 5.75 Å². The van der Waals surface area contributed by atoms with Crippen molar-refractivity contribution in [3.05, 3.63) is 60.2 Å². The summed E-state index contributed by atoms with van der Waals surface area (Å²) in [5, 5.41) is 2.97. The normalized spacial score (nSPS) is 12.2. The average Bonchev–Trinajstić information content (AvgIpc) is 2.88. The zero-order valence-corrected chi connectivity index (χ0v) is 24.2. The van der Waals surface area contributed by atoms with Gasteiger partial charge in [0.25, 0.3) is 0 Å². The van der Waals surface area contributed by atoms with E-state index >= 15 is 0 Å². The number of nitrogens with zero attached hydrogens (tertiary/aromatic N) is 2. The average molecular weight is 546 g/mol. The van der Waals surface area contributed by atoms with E-state index in [9.17, 15) is 18.0 Å². The number of nitrogens with one attached hydrogen (secondary N) is 1. The molecule has 0 saturated heterocycles. The van der Waals surface area contributed by atoms with Crippen molar-refractivity contribution in [3.8, 4) is 5.75 Å². The number of hydrogen-bond acceptors (Lipinski definition) is 5. The lowest BCUT2D eigenvalue weighted by molar-refractivity contribution is -0.140. The minimum atomic E-state index is -3.61. The van der Waals surface area contributed by atoms with Gasteiger partial charge < -0.3 is 15.0 Å². The molecule has 0 fully saturated rings. The Kier molecular flexibility index (Phi) is 12.6. The van der Waals surface area contributed by atoms with E-state index < -0.39 is 16.1 Å². The van der Waals surface area contributed by atoms with Crippen molar-refractivity contribution < 1.29 is 22.7 Å². The van der Waals surface area contributed by atoms with Crippen LogP contribution < -0.4 is 14.4 Å². The van der Waals surface area contributed by atoms with Gasteiger partial charge in [-0.05, 0) is 49.8 Å². The predicted octanol–water partition coefficient (Wildman–Crippen LogP) is 4.25. The molecule has 9 heteroatoms. The first-order chi connectivity index (χ1) is 18.1. The highest BCUT2D eigenvalue weighted by molar-refractivity contribution is 7.92. The van der Waals surface area contributed by atoms with Gasteiger partial charge in [-0.15, -0.1) is 0 Å². The second kappa shape index (κ2) is 15.4. The Labute approximate surface area is 228 Å². The Bertz CT molecular complexity index is 1120. The molecular formula is C29H43N3O5S. The molecule has 0 heterocycles. The smallest absolute Gasteiger partial charge is 0.242 e. The Morgan fingerprint density at radius 1 is 0.974 bits per heavy atom. The van der Waals surface area contributed by atoms with Gasteiger partial charge in [0.05, 0.1) is 18.6 Å². The summed E-state index contributed by atoms with van der Waals surface area (Å²) >= 11 is 0. The van der Waals surface area contributed by atoms with Gasteiger partial charge in [0.2, 0.25) is 21.8 Å². The van der Waals surface area contributed by atoms with Crippen LogP contribution in [-0.2, 0) is 26.0 Å². The summed E-state index contributed by atoms with van der Waals surface area (Å²) < 4.78 is 32.2. The highest BCUT2D eigenvalue weighted by Gasteiger charge is 2.29. The summed E-state index contributed by atoms with van der Waals surface area (Å²) in [6.07, 6.45) is 2.68. The molecule has 1 unspecified atom stereocenters. The van der Waals surface area contributed by atoms with Crippen LogP contribution in [0, 0.1) is 5.92 Å². The summed E-state index contributed by atoms with van der Waals surface area (Å²) in [6.45, 7) is 9.26. The van der Waals surface area contributed by atoms with Gasteiger partial charge >= 0.3 is 0 Å². The molecule has 0 saturated carbocycles. The number of rotatable bonds is 16. The zero-order valence-electron chi connectivity index (χ0n) is 23.4. The number of carbonyl (C=O) groups excluding carboxylic acids is 2. The van der Waals surface area contributed by atoms with Crippen molar-refractivity contribution in [3.63, 3.8) is 0 Å². The van der Waals surface area contributed by atoms with E-state index in [0.29, 0.717) is 56.3 Å². The van der Waals surface area contributed by atoms with E-state index in [-0.39, 0.29) is 24.8 Å². The van der Waals surface area contributed by atoms with E-state index in [4.69, 9.17) is 4.74 Å². The van der Waals surface area contributed by atoms with Crippen molar-refractivity contribution in [1.82, 2.24) is 10.2 Å². The zero-order chi connectivity index (χ0) is 28.1. The number of para-hydroxylation sites is 2. The van der Waals surface area contributed by atoms with Gasteiger partial charge in [0, 0.05) is 26.1 Å². The SMILES string of the molecule is CCOc1ccccc1N(CCCC(=O)N(CCc1ccccc1)C(CC)C(=O)NCC(C)C)S(C)(=O)=O. The van der Waals surface area contributed by atoms with E-state index in [1.54, 1.807) is 29.2 Å². The minimum Gasteiger partial charge on any atom is -0.492 e. The molecule has 38 heavy (non-hydrogen) atoms. The molecule has 0 aliphatic carbocycles. The largest absolute Gasteiger partial charge is 0.492 e. The van der Waals surface area contributed by atoms with Crippen LogP contribution in [0.3, 0.4) is 0 Å². The lowest BCUT2D eigenvalue weighted by atomic mass is 10.1. The molecule has 8 nitrogen and oxygen atoms in total. The van der Waals surface area contributed by atoms with E-state index in [1.165, 1.54) is 4.31 Å². The first kappa shape index (κ1) is 31.1. The third-order valence-corrected chi connectivity index (χ3v) is 7.32. The summed E-state index contributed by atoms with van der Waals surface area (Å²) in [7, 11) is -3.61. The fourth-order valence-electron chi connectivity index (χ4n) is 4.24. The highest BCUT2D eigenvalue weighted by atomic mass is 32.2. The fraction of sp³-hybridized carbons (Fsp3) is 0.517. The molecule has 0 aliphatic heterocycles. The summed E-state index contributed by atoms with van der Waals surface area (Å²) in [4.78, 5) is 28.2. The Morgan fingerprint density at radius 2 is 1.63 bits per heavy atom. The van der Waals surface area contributed by atoms with E-state index in [2.05, 4.69) is 5.32 Å².